The fourth-order valence-corrected chi connectivity index (χ4v) is 4.96. The summed E-state index contributed by atoms with van der Waals surface area (Å²) < 4.78 is 0. The van der Waals surface area contributed by atoms with Gasteiger partial charge in [0.1, 0.15) is 0 Å². The average Bonchev–Trinajstić information content (AvgIpc) is 3.13. The first kappa shape index (κ1) is 24.4. The number of aromatic nitrogens is 1. The lowest BCUT2D eigenvalue weighted by atomic mass is 10.0. The van der Waals surface area contributed by atoms with Crippen molar-refractivity contribution in [1.82, 2.24) is 9.88 Å². The van der Waals surface area contributed by atoms with Crippen LogP contribution in [0.15, 0.2) is 97.2 Å². The maximum absolute atomic E-state index is 13.6. The lowest BCUT2D eigenvalue weighted by Gasteiger charge is -2.27. The van der Waals surface area contributed by atoms with Crippen LogP contribution in [0.1, 0.15) is 45.2 Å². The van der Waals surface area contributed by atoms with Gasteiger partial charge in [-0.25, -0.2) is 0 Å². The van der Waals surface area contributed by atoms with Gasteiger partial charge in [-0.15, -0.1) is 0 Å². The van der Waals surface area contributed by atoms with E-state index < -0.39 is 0 Å². The van der Waals surface area contributed by atoms with Gasteiger partial charge < -0.3 is 15.1 Å². The number of anilines is 2. The zero-order chi connectivity index (χ0) is 25.8. The van der Waals surface area contributed by atoms with Gasteiger partial charge in [-0.1, -0.05) is 42.5 Å². The molecule has 0 spiro atoms. The van der Waals surface area contributed by atoms with Gasteiger partial charge in [0, 0.05) is 46.8 Å². The van der Waals surface area contributed by atoms with E-state index in [0.29, 0.717) is 23.4 Å². The number of nitrogens with zero attached hydrogens (tertiary/aromatic N) is 3. The SMILES string of the molecule is CN(C)C1CCCN(C(=O)c2ccc(NC(=O)c3ccccc3-c3ccccn3)cc2)c2ccccc21. The first-order chi connectivity index (χ1) is 18.0. The minimum atomic E-state index is -0.225. The molecular formula is C31H30N4O2. The quantitative estimate of drug-likeness (QED) is 0.370. The van der Waals surface area contributed by atoms with E-state index in [1.54, 1.807) is 36.5 Å². The van der Waals surface area contributed by atoms with Crippen molar-refractivity contribution in [2.45, 2.75) is 18.9 Å². The Morgan fingerprint density at radius 1 is 0.892 bits per heavy atom. The normalized spacial score (nSPS) is 15.1. The van der Waals surface area contributed by atoms with Gasteiger partial charge in [-0.3, -0.25) is 14.6 Å². The van der Waals surface area contributed by atoms with Crippen LogP contribution in [0.4, 0.5) is 11.4 Å². The second-order valence-corrected chi connectivity index (χ2v) is 9.43. The summed E-state index contributed by atoms with van der Waals surface area (Å²) in [6.45, 7) is 0.670. The molecule has 5 rings (SSSR count). The highest BCUT2D eigenvalue weighted by Gasteiger charge is 2.28. The van der Waals surface area contributed by atoms with E-state index in [4.69, 9.17) is 0 Å². The number of hydrogen-bond donors (Lipinski definition) is 1. The zero-order valence-electron chi connectivity index (χ0n) is 21.1. The Labute approximate surface area is 217 Å². The Hall–Kier alpha value is -4.29. The Balaban J connectivity index is 1.35. The fraction of sp³-hybridized carbons (Fsp3) is 0.194. The van der Waals surface area contributed by atoms with Gasteiger partial charge >= 0.3 is 0 Å². The lowest BCUT2D eigenvalue weighted by Crippen LogP contribution is -2.31. The number of amides is 2. The summed E-state index contributed by atoms with van der Waals surface area (Å²) in [5, 5.41) is 2.96. The molecule has 0 saturated heterocycles. The topological polar surface area (TPSA) is 65.5 Å². The van der Waals surface area contributed by atoms with Crippen LogP contribution in [0.3, 0.4) is 0 Å². The molecule has 2 amide bonds. The number of carbonyl (C=O) groups excluding carboxylic acids is 2. The first-order valence-corrected chi connectivity index (χ1v) is 12.5. The van der Waals surface area contributed by atoms with Crippen molar-refractivity contribution in [3.05, 3.63) is 114 Å². The maximum Gasteiger partial charge on any atom is 0.258 e. The van der Waals surface area contributed by atoms with Gasteiger partial charge in [-0.2, -0.15) is 0 Å². The van der Waals surface area contributed by atoms with E-state index in [-0.39, 0.29) is 17.9 Å². The molecule has 1 aromatic heterocycles. The standard InChI is InChI=1S/C31H30N4O2/c1-34(2)28-15-9-21-35(29-14-6-5-12-26(28)29)31(37)22-16-18-23(19-17-22)33-30(36)25-11-4-3-10-24(25)27-13-7-8-20-32-27/h3-8,10-14,16-20,28H,9,15,21H2,1-2H3,(H,33,36). The summed E-state index contributed by atoms with van der Waals surface area (Å²) in [6, 6.07) is 28.6. The number of para-hydroxylation sites is 1. The molecule has 3 aromatic carbocycles. The van der Waals surface area contributed by atoms with Crippen molar-refractivity contribution < 1.29 is 9.59 Å². The van der Waals surface area contributed by atoms with Crippen LogP contribution in [0, 0.1) is 0 Å². The molecule has 6 heteroatoms. The Kier molecular flexibility index (Phi) is 7.10. The van der Waals surface area contributed by atoms with Crippen LogP contribution in [0.2, 0.25) is 0 Å². The van der Waals surface area contributed by atoms with Crippen LogP contribution >= 0.6 is 0 Å². The molecule has 1 aliphatic rings. The van der Waals surface area contributed by atoms with Crippen molar-refractivity contribution in [2.24, 2.45) is 0 Å². The molecule has 1 unspecified atom stereocenters. The van der Waals surface area contributed by atoms with Crippen molar-refractivity contribution in [3.63, 3.8) is 0 Å². The van der Waals surface area contributed by atoms with E-state index in [1.807, 2.05) is 59.5 Å². The summed E-state index contributed by atoms with van der Waals surface area (Å²) in [6.07, 6.45) is 3.63. The number of pyridine rings is 1. The average molecular weight is 491 g/mol. The van der Waals surface area contributed by atoms with Gasteiger partial charge in [0.2, 0.25) is 0 Å². The molecule has 0 saturated carbocycles. The van der Waals surface area contributed by atoms with Gasteiger partial charge in [-0.05, 0) is 81.0 Å². The van der Waals surface area contributed by atoms with Gasteiger partial charge in [0.25, 0.3) is 11.8 Å². The Morgan fingerprint density at radius 3 is 2.38 bits per heavy atom. The van der Waals surface area contributed by atoms with E-state index in [2.05, 4.69) is 35.4 Å². The largest absolute Gasteiger partial charge is 0.322 e. The van der Waals surface area contributed by atoms with Crippen LogP contribution < -0.4 is 10.2 Å². The molecule has 0 radical (unpaired) electrons. The molecule has 186 valence electrons. The number of hydrogen-bond acceptors (Lipinski definition) is 4. The molecule has 1 aliphatic heterocycles. The monoisotopic (exact) mass is 490 g/mol. The fourth-order valence-electron chi connectivity index (χ4n) is 4.96. The minimum Gasteiger partial charge on any atom is -0.322 e. The molecule has 6 nitrogen and oxygen atoms in total. The summed E-state index contributed by atoms with van der Waals surface area (Å²) in [4.78, 5) is 35.2. The van der Waals surface area contributed by atoms with Crippen LogP contribution in [-0.4, -0.2) is 42.3 Å². The summed E-state index contributed by atoms with van der Waals surface area (Å²) in [7, 11) is 4.17. The van der Waals surface area contributed by atoms with E-state index >= 15 is 0 Å². The number of fused-ring (bicyclic) bond motifs is 1. The molecule has 1 atom stereocenters. The van der Waals surface area contributed by atoms with Crippen LogP contribution in [0.5, 0.6) is 0 Å². The number of carbonyl (C=O) groups is 2. The molecule has 4 aromatic rings. The Bertz CT molecular complexity index is 1400. The van der Waals surface area contributed by atoms with Crippen LogP contribution in [0.25, 0.3) is 11.3 Å². The maximum atomic E-state index is 13.6. The molecule has 37 heavy (non-hydrogen) atoms. The van der Waals surface area contributed by atoms with Crippen LogP contribution in [-0.2, 0) is 0 Å². The highest BCUT2D eigenvalue weighted by atomic mass is 16.2. The molecule has 0 bridgehead atoms. The third-order valence-corrected chi connectivity index (χ3v) is 6.82. The van der Waals surface area contributed by atoms with Gasteiger partial charge in [0.15, 0.2) is 0 Å². The zero-order valence-corrected chi connectivity index (χ0v) is 21.1. The first-order valence-electron chi connectivity index (χ1n) is 12.5. The van der Waals surface area contributed by atoms with Crippen molar-refractivity contribution in [1.29, 1.82) is 0 Å². The van der Waals surface area contributed by atoms with E-state index in [1.165, 1.54) is 5.56 Å². The molecule has 2 heterocycles. The van der Waals surface area contributed by atoms with Gasteiger partial charge in [0.05, 0.1) is 5.69 Å². The second-order valence-electron chi connectivity index (χ2n) is 9.43. The summed E-state index contributed by atoms with van der Waals surface area (Å²) in [5.41, 5.74) is 5.40. The molecule has 0 aliphatic carbocycles. The third kappa shape index (κ3) is 5.15. The minimum absolute atomic E-state index is 0.0368. The summed E-state index contributed by atoms with van der Waals surface area (Å²) in [5.74, 6) is -0.262. The van der Waals surface area contributed by atoms with Crippen molar-refractivity contribution in [3.8, 4) is 11.3 Å². The second kappa shape index (κ2) is 10.8. The number of nitrogens with one attached hydrogen (secondary N) is 1. The third-order valence-electron chi connectivity index (χ3n) is 6.82. The predicted octanol–water partition coefficient (Wildman–Crippen LogP) is 6.04. The summed E-state index contributed by atoms with van der Waals surface area (Å²) >= 11 is 0. The molecule has 0 fully saturated rings. The van der Waals surface area contributed by atoms with E-state index in [0.717, 1.165) is 29.8 Å². The molecule has 1 N–H and O–H groups in total. The molecular weight excluding hydrogens is 460 g/mol. The highest BCUT2D eigenvalue weighted by molar-refractivity contribution is 6.09. The van der Waals surface area contributed by atoms with Crippen molar-refractivity contribution >= 4 is 23.2 Å². The lowest BCUT2D eigenvalue weighted by molar-refractivity contribution is 0.0985. The highest BCUT2D eigenvalue weighted by Crippen LogP contribution is 2.36. The number of benzene rings is 3. The smallest absolute Gasteiger partial charge is 0.258 e. The van der Waals surface area contributed by atoms with Crippen molar-refractivity contribution in [2.75, 3.05) is 30.9 Å². The van der Waals surface area contributed by atoms with E-state index in [9.17, 15) is 9.59 Å². The Morgan fingerprint density at radius 2 is 1.62 bits per heavy atom. The predicted molar refractivity (Wildman–Crippen MR) is 148 cm³/mol. The number of rotatable bonds is 5.